The molecular formula is C28H38ClFN4. The average molecular weight is 485 g/mol. The van der Waals surface area contributed by atoms with Crippen molar-refractivity contribution < 1.29 is 4.39 Å². The first kappa shape index (κ1) is 26.4. The van der Waals surface area contributed by atoms with E-state index < -0.39 is 0 Å². The molecule has 1 aliphatic rings. The van der Waals surface area contributed by atoms with E-state index in [1.54, 1.807) is 6.07 Å². The van der Waals surface area contributed by atoms with Crippen molar-refractivity contribution in [1.82, 2.24) is 15.3 Å². The molecule has 0 bridgehead atoms. The maximum atomic E-state index is 13.8. The van der Waals surface area contributed by atoms with Crippen LogP contribution >= 0.6 is 11.6 Å². The Morgan fingerprint density at radius 1 is 1.00 bits per heavy atom. The lowest BCUT2D eigenvalue weighted by Gasteiger charge is -2.28. The van der Waals surface area contributed by atoms with E-state index in [1.807, 2.05) is 57.1 Å². The zero-order valence-corrected chi connectivity index (χ0v) is 21.9. The SMILES string of the molecule is CCC1CCC(CNCc2c(F)ccc(C)c2Cl)CC1.Cc1nc(N(C)C)c2ccccc2n1. The number of fused-ring (bicyclic) bond motifs is 1. The zero-order chi connectivity index (χ0) is 24.7. The number of benzene rings is 2. The smallest absolute Gasteiger partial charge is 0.139 e. The summed E-state index contributed by atoms with van der Waals surface area (Å²) in [5, 5.41) is 5.05. The lowest BCUT2D eigenvalue weighted by molar-refractivity contribution is 0.262. The van der Waals surface area contributed by atoms with Gasteiger partial charge in [0, 0.05) is 31.6 Å². The number of aryl methyl sites for hydroxylation is 2. The van der Waals surface area contributed by atoms with E-state index in [1.165, 1.54) is 38.2 Å². The summed E-state index contributed by atoms with van der Waals surface area (Å²) in [4.78, 5) is 10.8. The zero-order valence-electron chi connectivity index (χ0n) is 21.2. The molecule has 0 saturated heterocycles. The van der Waals surface area contributed by atoms with Crippen LogP contribution in [0.4, 0.5) is 10.2 Å². The van der Waals surface area contributed by atoms with Crippen molar-refractivity contribution in [3.8, 4) is 0 Å². The molecule has 0 spiro atoms. The fourth-order valence-electron chi connectivity index (χ4n) is 4.64. The Balaban J connectivity index is 0.000000202. The fourth-order valence-corrected chi connectivity index (χ4v) is 4.86. The van der Waals surface area contributed by atoms with E-state index in [0.29, 0.717) is 17.1 Å². The molecule has 6 heteroatoms. The summed E-state index contributed by atoms with van der Waals surface area (Å²) in [6, 6.07) is 11.3. The van der Waals surface area contributed by atoms with Crippen molar-refractivity contribution >= 4 is 28.3 Å². The van der Waals surface area contributed by atoms with Gasteiger partial charge in [0.15, 0.2) is 0 Å². The van der Waals surface area contributed by atoms with Crippen LogP contribution in [0, 0.1) is 31.5 Å². The molecule has 1 saturated carbocycles. The molecule has 1 heterocycles. The Bertz CT molecular complexity index is 1080. The first-order valence-corrected chi connectivity index (χ1v) is 12.7. The summed E-state index contributed by atoms with van der Waals surface area (Å²) in [6.07, 6.45) is 6.61. The molecule has 0 unspecified atom stereocenters. The minimum absolute atomic E-state index is 0.206. The minimum atomic E-state index is -0.206. The number of aromatic nitrogens is 2. The number of nitrogens with zero attached hydrogens (tertiary/aromatic N) is 3. The Kier molecular flexibility index (Phi) is 9.66. The number of rotatable bonds is 6. The third kappa shape index (κ3) is 6.89. The van der Waals surface area contributed by atoms with Gasteiger partial charge in [-0.3, -0.25) is 0 Å². The maximum Gasteiger partial charge on any atom is 0.139 e. The van der Waals surface area contributed by atoms with Gasteiger partial charge < -0.3 is 10.2 Å². The first-order valence-electron chi connectivity index (χ1n) is 12.3. The average Bonchev–Trinajstić information content (AvgIpc) is 2.84. The number of hydrogen-bond acceptors (Lipinski definition) is 4. The highest BCUT2D eigenvalue weighted by molar-refractivity contribution is 6.32. The maximum absolute atomic E-state index is 13.8. The Morgan fingerprint density at radius 2 is 1.68 bits per heavy atom. The van der Waals surface area contributed by atoms with E-state index in [2.05, 4.69) is 22.2 Å². The molecule has 34 heavy (non-hydrogen) atoms. The van der Waals surface area contributed by atoms with Crippen LogP contribution in [-0.2, 0) is 6.54 Å². The monoisotopic (exact) mass is 484 g/mol. The van der Waals surface area contributed by atoms with Crippen LogP contribution in [0.15, 0.2) is 36.4 Å². The number of anilines is 1. The second-order valence-corrected chi connectivity index (χ2v) is 9.97. The van der Waals surface area contributed by atoms with E-state index in [4.69, 9.17) is 11.6 Å². The van der Waals surface area contributed by atoms with Gasteiger partial charge in [-0.25, -0.2) is 14.4 Å². The van der Waals surface area contributed by atoms with Crippen LogP contribution in [0.3, 0.4) is 0 Å². The summed E-state index contributed by atoms with van der Waals surface area (Å²) in [5.74, 6) is 3.25. The molecule has 1 aliphatic carbocycles. The van der Waals surface area contributed by atoms with Crippen molar-refractivity contribution in [2.45, 2.75) is 59.4 Å². The normalized spacial score (nSPS) is 17.9. The second kappa shape index (κ2) is 12.5. The summed E-state index contributed by atoms with van der Waals surface area (Å²) in [7, 11) is 3.99. The molecule has 0 atom stereocenters. The van der Waals surface area contributed by atoms with E-state index >= 15 is 0 Å². The largest absolute Gasteiger partial charge is 0.362 e. The Morgan fingerprint density at radius 3 is 2.35 bits per heavy atom. The van der Waals surface area contributed by atoms with Gasteiger partial charge >= 0.3 is 0 Å². The van der Waals surface area contributed by atoms with Gasteiger partial charge in [0.1, 0.15) is 17.5 Å². The lowest BCUT2D eigenvalue weighted by Crippen LogP contribution is -2.26. The Labute approximate surface area is 208 Å². The van der Waals surface area contributed by atoms with Gasteiger partial charge in [0.25, 0.3) is 0 Å². The molecule has 3 aromatic rings. The van der Waals surface area contributed by atoms with Gasteiger partial charge in [-0.2, -0.15) is 0 Å². The van der Waals surface area contributed by atoms with Crippen LogP contribution in [0.2, 0.25) is 5.02 Å². The van der Waals surface area contributed by atoms with Crippen LogP contribution in [0.25, 0.3) is 10.9 Å². The molecule has 0 aliphatic heterocycles. The van der Waals surface area contributed by atoms with Crippen LogP contribution in [0.5, 0.6) is 0 Å². The van der Waals surface area contributed by atoms with Crippen molar-refractivity contribution in [2.75, 3.05) is 25.5 Å². The molecule has 1 fully saturated rings. The molecule has 4 nitrogen and oxygen atoms in total. The third-order valence-corrected chi connectivity index (χ3v) is 7.30. The molecule has 0 amide bonds. The number of hydrogen-bond donors (Lipinski definition) is 1. The second-order valence-electron chi connectivity index (χ2n) is 9.59. The standard InChI is InChI=1S/C17H25ClFN.C11H13N3/c1-3-13-5-7-14(8-6-13)10-20-11-15-16(19)9-4-12(2)17(15)18;1-8-12-10-7-5-4-6-9(10)11(13-8)14(2)3/h4,9,13-14,20H,3,5-8,10-11H2,1-2H3;4-7H,1-3H3. The van der Waals surface area contributed by atoms with E-state index in [9.17, 15) is 4.39 Å². The van der Waals surface area contributed by atoms with Crippen molar-refractivity contribution in [2.24, 2.45) is 11.8 Å². The summed E-state index contributed by atoms with van der Waals surface area (Å²) < 4.78 is 13.8. The van der Waals surface area contributed by atoms with Crippen LogP contribution < -0.4 is 10.2 Å². The van der Waals surface area contributed by atoms with Gasteiger partial charge in [0.05, 0.1) is 10.5 Å². The summed E-state index contributed by atoms with van der Waals surface area (Å²) >= 11 is 6.18. The van der Waals surface area contributed by atoms with Crippen LogP contribution in [-0.4, -0.2) is 30.6 Å². The number of nitrogens with one attached hydrogen (secondary N) is 1. The van der Waals surface area contributed by atoms with Gasteiger partial charge in [-0.15, -0.1) is 0 Å². The molecule has 184 valence electrons. The number of para-hydroxylation sites is 1. The van der Waals surface area contributed by atoms with Gasteiger partial charge in [-0.05, 0) is 68.8 Å². The number of halogens is 2. The van der Waals surface area contributed by atoms with Gasteiger partial charge in [0.2, 0.25) is 0 Å². The quantitative estimate of drug-likeness (QED) is 0.405. The third-order valence-electron chi connectivity index (χ3n) is 6.78. The Hall–Kier alpha value is -2.24. The summed E-state index contributed by atoms with van der Waals surface area (Å²) in [5.41, 5.74) is 2.55. The lowest BCUT2D eigenvalue weighted by atomic mass is 9.81. The van der Waals surface area contributed by atoms with E-state index in [-0.39, 0.29) is 5.82 Å². The first-order chi connectivity index (χ1) is 16.3. The molecule has 0 radical (unpaired) electrons. The molecule has 1 aromatic heterocycles. The van der Waals surface area contributed by atoms with E-state index in [0.717, 1.165) is 46.5 Å². The van der Waals surface area contributed by atoms with Crippen molar-refractivity contribution in [1.29, 1.82) is 0 Å². The predicted molar refractivity (Wildman–Crippen MR) is 142 cm³/mol. The predicted octanol–water partition coefficient (Wildman–Crippen LogP) is 7.10. The van der Waals surface area contributed by atoms with Gasteiger partial charge in [-0.1, -0.05) is 56.0 Å². The molecule has 2 aromatic carbocycles. The highest BCUT2D eigenvalue weighted by atomic mass is 35.5. The van der Waals surface area contributed by atoms with Crippen molar-refractivity contribution in [3.05, 3.63) is 64.2 Å². The topological polar surface area (TPSA) is 41.1 Å². The highest BCUT2D eigenvalue weighted by Gasteiger charge is 2.20. The summed E-state index contributed by atoms with van der Waals surface area (Å²) in [6.45, 7) is 7.61. The molecule has 4 rings (SSSR count). The van der Waals surface area contributed by atoms with Crippen molar-refractivity contribution in [3.63, 3.8) is 0 Å². The minimum Gasteiger partial charge on any atom is -0.362 e. The highest BCUT2D eigenvalue weighted by Crippen LogP contribution is 2.30. The fraction of sp³-hybridized carbons (Fsp3) is 0.500. The van der Waals surface area contributed by atoms with Crippen LogP contribution in [0.1, 0.15) is 56.0 Å². The molecular weight excluding hydrogens is 447 g/mol. The molecule has 1 N–H and O–H groups in total.